The van der Waals surface area contributed by atoms with Crippen LogP contribution in [0, 0.1) is 0 Å². The van der Waals surface area contributed by atoms with E-state index in [4.69, 9.17) is 5.73 Å². The van der Waals surface area contributed by atoms with Gasteiger partial charge in [-0.1, -0.05) is 54.6 Å². The number of carbonyl (C=O) groups is 1. The largest absolute Gasteiger partial charge is 0.366 e. The second kappa shape index (κ2) is 8.10. The predicted octanol–water partition coefficient (Wildman–Crippen LogP) is 2.70. The smallest absolute Gasteiger partial charge is 0.249 e. The van der Waals surface area contributed by atoms with Gasteiger partial charge in [-0.25, -0.2) is 0 Å². The maximum absolute atomic E-state index is 11.5. The van der Waals surface area contributed by atoms with Gasteiger partial charge < -0.3 is 10.6 Å². The molecule has 4 nitrogen and oxygen atoms in total. The molecule has 1 amide bonds. The summed E-state index contributed by atoms with van der Waals surface area (Å²) in [5, 5.41) is 0. The Morgan fingerprint density at radius 2 is 1.68 bits per heavy atom. The number of likely N-dealkylation sites (N-methyl/N-ethyl adjacent to an activating group) is 1. The molecule has 0 atom stereocenters. The van der Waals surface area contributed by atoms with Crippen LogP contribution in [0.3, 0.4) is 0 Å². The van der Waals surface area contributed by atoms with Gasteiger partial charge in [-0.05, 0) is 29.8 Å². The maximum atomic E-state index is 11.5. The van der Waals surface area contributed by atoms with E-state index in [1.807, 2.05) is 30.4 Å². The van der Waals surface area contributed by atoms with E-state index in [9.17, 15) is 4.79 Å². The molecule has 1 heterocycles. The van der Waals surface area contributed by atoms with E-state index in [-0.39, 0.29) is 0 Å². The number of hydrogen-bond donors (Lipinski definition) is 1. The molecule has 2 N–H and O–H groups in total. The van der Waals surface area contributed by atoms with Crippen LogP contribution in [0.25, 0.3) is 12.2 Å². The zero-order valence-electron chi connectivity index (χ0n) is 14.7. The van der Waals surface area contributed by atoms with Gasteiger partial charge in [0.2, 0.25) is 5.91 Å². The van der Waals surface area contributed by atoms with Gasteiger partial charge >= 0.3 is 0 Å². The molecule has 4 heteroatoms. The van der Waals surface area contributed by atoms with E-state index in [2.05, 4.69) is 41.1 Å². The summed E-state index contributed by atoms with van der Waals surface area (Å²) < 4.78 is 0. The van der Waals surface area contributed by atoms with Crippen molar-refractivity contribution in [3.05, 3.63) is 70.8 Å². The molecule has 0 bridgehead atoms. The van der Waals surface area contributed by atoms with E-state index < -0.39 is 5.91 Å². The molecular formula is C21H25N3O. The molecule has 2 aromatic carbocycles. The molecule has 25 heavy (non-hydrogen) atoms. The van der Waals surface area contributed by atoms with Crippen molar-refractivity contribution in [3.8, 4) is 0 Å². The molecule has 2 aromatic rings. The summed E-state index contributed by atoms with van der Waals surface area (Å²) >= 11 is 0. The van der Waals surface area contributed by atoms with Crippen molar-refractivity contribution in [2.24, 2.45) is 5.73 Å². The highest BCUT2D eigenvalue weighted by Crippen LogP contribution is 2.15. The number of amides is 1. The summed E-state index contributed by atoms with van der Waals surface area (Å²) in [6.07, 6.45) is 3.96. The molecule has 1 fully saturated rings. The van der Waals surface area contributed by atoms with Crippen LogP contribution in [0.5, 0.6) is 0 Å². The Morgan fingerprint density at radius 1 is 1.00 bits per heavy atom. The number of nitrogens with two attached hydrogens (primary N) is 1. The molecule has 0 unspecified atom stereocenters. The number of hydrogen-bond acceptors (Lipinski definition) is 3. The van der Waals surface area contributed by atoms with Gasteiger partial charge in [-0.15, -0.1) is 0 Å². The Labute approximate surface area is 149 Å². The predicted molar refractivity (Wildman–Crippen MR) is 103 cm³/mol. The average molecular weight is 335 g/mol. The number of nitrogens with zero attached hydrogens (tertiary/aromatic N) is 2. The van der Waals surface area contributed by atoms with E-state index in [0.29, 0.717) is 5.56 Å². The number of rotatable bonds is 5. The standard InChI is InChI=1S/C21H25N3O/c1-23-12-14-24(15-13-23)16-18-8-6-17(7-9-18)10-11-19-4-2-3-5-20(19)21(22)25/h2-11H,12-16H2,1H3,(H2,22,25)/b11-10+. The minimum Gasteiger partial charge on any atom is -0.366 e. The summed E-state index contributed by atoms with van der Waals surface area (Å²) in [4.78, 5) is 16.3. The van der Waals surface area contributed by atoms with Crippen LogP contribution < -0.4 is 5.73 Å². The van der Waals surface area contributed by atoms with E-state index in [0.717, 1.165) is 43.9 Å². The lowest BCUT2D eigenvalue weighted by atomic mass is 10.0. The lowest BCUT2D eigenvalue weighted by molar-refractivity contribution is 0.1000. The Kier molecular flexibility index (Phi) is 5.64. The van der Waals surface area contributed by atoms with Crippen LogP contribution in [-0.2, 0) is 6.54 Å². The quantitative estimate of drug-likeness (QED) is 0.855. The topological polar surface area (TPSA) is 49.6 Å². The van der Waals surface area contributed by atoms with E-state index in [1.165, 1.54) is 5.56 Å². The SMILES string of the molecule is CN1CCN(Cc2ccc(/C=C/c3ccccc3C(N)=O)cc2)CC1. The Balaban J connectivity index is 1.64. The average Bonchev–Trinajstić information content (AvgIpc) is 2.63. The summed E-state index contributed by atoms with van der Waals surface area (Å²) in [6, 6.07) is 16.0. The summed E-state index contributed by atoms with van der Waals surface area (Å²) in [5.41, 5.74) is 9.26. The number of benzene rings is 2. The zero-order valence-corrected chi connectivity index (χ0v) is 14.7. The van der Waals surface area contributed by atoms with Crippen molar-refractivity contribution < 1.29 is 4.79 Å². The maximum Gasteiger partial charge on any atom is 0.249 e. The third-order valence-corrected chi connectivity index (χ3v) is 4.66. The van der Waals surface area contributed by atoms with Gasteiger partial charge in [0.05, 0.1) is 0 Å². The summed E-state index contributed by atoms with van der Waals surface area (Å²) in [5.74, 6) is -0.400. The molecule has 0 saturated carbocycles. The Hall–Kier alpha value is -2.43. The molecule has 1 aliphatic heterocycles. The molecule has 0 aliphatic carbocycles. The first-order chi connectivity index (χ1) is 12.1. The first-order valence-electron chi connectivity index (χ1n) is 8.68. The van der Waals surface area contributed by atoms with E-state index >= 15 is 0 Å². The number of piperazine rings is 1. The molecule has 1 saturated heterocycles. The van der Waals surface area contributed by atoms with Gasteiger partial charge in [0.1, 0.15) is 0 Å². The monoisotopic (exact) mass is 335 g/mol. The van der Waals surface area contributed by atoms with Gasteiger partial charge in [-0.2, -0.15) is 0 Å². The molecule has 0 spiro atoms. The number of carbonyl (C=O) groups excluding carboxylic acids is 1. The minimum atomic E-state index is -0.400. The number of primary amides is 1. The lowest BCUT2D eigenvalue weighted by Crippen LogP contribution is -2.43. The van der Waals surface area contributed by atoms with Crippen LogP contribution in [-0.4, -0.2) is 48.9 Å². The van der Waals surface area contributed by atoms with Gasteiger partial charge in [0.15, 0.2) is 0 Å². The Morgan fingerprint density at radius 3 is 2.36 bits per heavy atom. The van der Waals surface area contributed by atoms with Crippen molar-refractivity contribution >= 4 is 18.1 Å². The van der Waals surface area contributed by atoms with E-state index in [1.54, 1.807) is 6.07 Å². The van der Waals surface area contributed by atoms with Gasteiger partial charge in [0.25, 0.3) is 0 Å². The summed E-state index contributed by atoms with van der Waals surface area (Å²) in [6.45, 7) is 5.53. The Bertz CT molecular complexity index is 744. The highest BCUT2D eigenvalue weighted by Gasteiger charge is 2.13. The van der Waals surface area contributed by atoms with Crippen LogP contribution in [0.15, 0.2) is 48.5 Å². The highest BCUT2D eigenvalue weighted by atomic mass is 16.1. The summed E-state index contributed by atoms with van der Waals surface area (Å²) in [7, 11) is 2.18. The minimum absolute atomic E-state index is 0.400. The van der Waals surface area contributed by atoms with Crippen molar-refractivity contribution in [1.29, 1.82) is 0 Å². The van der Waals surface area contributed by atoms with Crippen molar-refractivity contribution in [2.45, 2.75) is 6.54 Å². The third-order valence-electron chi connectivity index (χ3n) is 4.66. The fourth-order valence-corrected chi connectivity index (χ4v) is 3.05. The first kappa shape index (κ1) is 17.4. The fourth-order valence-electron chi connectivity index (χ4n) is 3.05. The molecule has 130 valence electrons. The van der Waals surface area contributed by atoms with Crippen molar-refractivity contribution in [2.75, 3.05) is 33.2 Å². The molecule has 3 rings (SSSR count). The van der Waals surface area contributed by atoms with Crippen molar-refractivity contribution in [3.63, 3.8) is 0 Å². The third kappa shape index (κ3) is 4.78. The second-order valence-corrected chi connectivity index (χ2v) is 6.61. The second-order valence-electron chi connectivity index (χ2n) is 6.61. The van der Waals surface area contributed by atoms with Crippen LogP contribution in [0.4, 0.5) is 0 Å². The molecular weight excluding hydrogens is 310 g/mol. The van der Waals surface area contributed by atoms with Crippen molar-refractivity contribution in [1.82, 2.24) is 9.80 Å². The first-order valence-corrected chi connectivity index (χ1v) is 8.68. The molecule has 0 aromatic heterocycles. The fraction of sp³-hybridized carbons (Fsp3) is 0.286. The lowest BCUT2D eigenvalue weighted by Gasteiger charge is -2.32. The van der Waals surface area contributed by atoms with Crippen LogP contribution >= 0.6 is 0 Å². The van der Waals surface area contributed by atoms with Crippen LogP contribution in [0.2, 0.25) is 0 Å². The normalized spacial score (nSPS) is 16.4. The van der Waals surface area contributed by atoms with Gasteiger partial charge in [-0.3, -0.25) is 9.69 Å². The molecule has 0 radical (unpaired) electrons. The van der Waals surface area contributed by atoms with Crippen LogP contribution in [0.1, 0.15) is 27.0 Å². The zero-order chi connectivity index (χ0) is 17.6. The van der Waals surface area contributed by atoms with Gasteiger partial charge in [0, 0.05) is 38.3 Å². The highest BCUT2D eigenvalue weighted by molar-refractivity contribution is 5.97. The molecule has 1 aliphatic rings.